The molecule has 0 bridgehead atoms. The fraction of sp³-hybridized carbons (Fsp3) is 0.0588. The minimum absolute atomic E-state index is 0.191. The monoisotopic (exact) mass is 382 g/mol. The summed E-state index contributed by atoms with van der Waals surface area (Å²) in [6.45, 7) is 0. The number of nitrogens with zero attached hydrogens (tertiary/aromatic N) is 1. The van der Waals surface area contributed by atoms with Gasteiger partial charge in [0.1, 0.15) is 11.6 Å². The molecule has 9 heteroatoms. The molecule has 0 aliphatic carbocycles. The molecule has 4 nitrogen and oxygen atoms in total. The summed E-state index contributed by atoms with van der Waals surface area (Å²) in [5.74, 6) is -1.78. The van der Waals surface area contributed by atoms with E-state index in [-0.39, 0.29) is 10.7 Å². The second kappa shape index (κ2) is 7.12. The fourth-order valence-electron chi connectivity index (χ4n) is 2.12. The molecule has 0 fully saturated rings. The van der Waals surface area contributed by atoms with Gasteiger partial charge in [-0.1, -0.05) is 12.1 Å². The van der Waals surface area contributed by atoms with Gasteiger partial charge in [0.25, 0.3) is 5.91 Å². The smallest absolute Gasteiger partial charge is 0.405 e. The summed E-state index contributed by atoms with van der Waals surface area (Å²) < 4.78 is 54.1. The number of alkyl halides is 3. The molecule has 0 unspecified atom stereocenters. The number of carbonyl (C=O) groups is 1. The number of hydrogen-bond acceptors (Lipinski definition) is 4. The minimum atomic E-state index is -4.91. The van der Waals surface area contributed by atoms with Crippen molar-refractivity contribution in [1.29, 1.82) is 0 Å². The number of hydrogen-bond donors (Lipinski definition) is 1. The maximum atomic E-state index is 13.0. The molecule has 3 aromatic rings. The number of para-hydroxylation sites is 1. The molecule has 26 heavy (non-hydrogen) atoms. The van der Waals surface area contributed by atoms with Crippen molar-refractivity contribution < 1.29 is 27.1 Å². The summed E-state index contributed by atoms with van der Waals surface area (Å²) in [7, 11) is 0. The van der Waals surface area contributed by atoms with Gasteiger partial charge < -0.3 is 4.74 Å². The highest BCUT2D eigenvalue weighted by Gasteiger charge is 2.32. The molecule has 0 saturated carbocycles. The van der Waals surface area contributed by atoms with Gasteiger partial charge in [-0.3, -0.25) is 10.1 Å². The Bertz CT molecular complexity index is 923. The van der Waals surface area contributed by atoms with Crippen molar-refractivity contribution in [3.05, 3.63) is 65.3 Å². The molecule has 3 rings (SSSR count). The van der Waals surface area contributed by atoms with Gasteiger partial charge in [-0.05, 0) is 36.4 Å². The van der Waals surface area contributed by atoms with Crippen LogP contribution in [-0.4, -0.2) is 17.3 Å². The van der Waals surface area contributed by atoms with Crippen molar-refractivity contribution in [3.63, 3.8) is 0 Å². The van der Waals surface area contributed by atoms with E-state index in [1.807, 2.05) is 0 Å². The summed E-state index contributed by atoms with van der Waals surface area (Å²) >= 11 is 1.09. The van der Waals surface area contributed by atoms with Gasteiger partial charge in [-0.15, -0.1) is 24.5 Å². The normalized spacial score (nSPS) is 11.2. The van der Waals surface area contributed by atoms with Crippen molar-refractivity contribution in [1.82, 2.24) is 4.98 Å². The van der Waals surface area contributed by atoms with E-state index in [1.165, 1.54) is 42.5 Å². The zero-order chi connectivity index (χ0) is 18.7. The first-order valence-electron chi connectivity index (χ1n) is 7.19. The summed E-state index contributed by atoms with van der Waals surface area (Å²) in [6, 6.07) is 10.6. The van der Waals surface area contributed by atoms with E-state index in [2.05, 4.69) is 15.0 Å². The Morgan fingerprint density at radius 3 is 2.46 bits per heavy atom. The van der Waals surface area contributed by atoms with Crippen LogP contribution in [-0.2, 0) is 0 Å². The SMILES string of the molecule is O=C(Nc1nc(-c2ccc(F)cc2)cs1)c1ccccc1OC(F)(F)F. The van der Waals surface area contributed by atoms with Crippen LogP contribution in [0, 0.1) is 5.82 Å². The van der Waals surface area contributed by atoms with E-state index in [4.69, 9.17) is 0 Å². The number of anilines is 1. The van der Waals surface area contributed by atoms with Crippen LogP contribution in [0.5, 0.6) is 5.75 Å². The summed E-state index contributed by atoms with van der Waals surface area (Å²) in [5, 5.41) is 4.26. The molecule has 1 aromatic heterocycles. The number of ether oxygens (including phenoxy) is 1. The van der Waals surface area contributed by atoms with Crippen LogP contribution >= 0.6 is 11.3 Å². The van der Waals surface area contributed by atoms with Gasteiger partial charge in [0.15, 0.2) is 5.13 Å². The molecule has 2 aromatic carbocycles. The topological polar surface area (TPSA) is 51.2 Å². The summed E-state index contributed by atoms with van der Waals surface area (Å²) in [5.41, 5.74) is 0.873. The molecule has 0 aliphatic rings. The lowest BCUT2D eigenvalue weighted by Crippen LogP contribution is -2.20. The highest BCUT2D eigenvalue weighted by Crippen LogP contribution is 2.29. The number of benzene rings is 2. The van der Waals surface area contributed by atoms with Crippen LogP contribution in [0.15, 0.2) is 53.9 Å². The van der Waals surface area contributed by atoms with Crippen molar-refractivity contribution in [2.75, 3.05) is 5.32 Å². The average molecular weight is 382 g/mol. The third kappa shape index (κ3) is 4.37. The number of halogens is 4. The Balaban J connectivity index is 1.78. The van der Waals surface area contributed by atoms with E-state index >= 15 is 0 Å². The van der Waals surface area contributed by atoms with Gasteiger partial charge in [-0.2, -0.15) is 0 Å². The number of rotatable bonds is 4. The molecule has 0 spiro atoms. The second-order valence-corrected chi connectivity index (χ2v) is 5.90. The Morgan fingerprint density at radius 2 is 1.77 bits per heavy atom. The van der Waals surface area contributed by atoms with Crippen LogP contribution < -0.4 is 10.1 Å². The molecule has 0 saturated heterocycles. The quantitative estimate of drug-likeness (QED) is 0.639. The number of carbonyl (C=O) groups excluding carboxylic acids is 1. The van der Waals surface area contributed by atoms with Crippen molar-refractivity contribution in [2.24, 2.45) is 0 Å². The molecule has 1 N–H and O–H groups in total. The van der Waals surface area contributed by atoms with Gasteiger partial charge in [0, 0.05) is 10.9 Å². The molecule has 1 heterocycles. The van der Waals surface area contributed by atoms with Gasteiger partial charge in [0.05, 0.1) is 11.3 Å². The van der Waals surface area contributed by atoms with E-state index in [1.54, 1.807) is 5.38 Å². The first kappa shape index (κ1) is 17.9. The largest absolute Gasteiger partial charge is 0.573 e. The van der Waals surface area contributed by atoms with Gasteiger partial charge in [-0.25, -0.2) is 9.37 Å². The minimum Gasteiger partial charge on any atom is -0.405 e. The van der Waals surface area contributed by atoms with E-state index < -0.39 is 23.8 Å². The highest BCUT2D eigenvalue weighted by atomic mass is 32.1. The lowest BCUT2D eigenvalue weighted by atomic mass is 10.2. The van der Waals surface area contributed by atoms with E-state index in [0.717, 1.165) is 17.4 Å². The molecular formula is C17H10F4N2O2S. The third-order valence-electron chi connectivity index (χ3n) is 3.22. The van der Waals surface area contributed by atoms with Gasteiger partial charge >= 0.3 is 6.36 Å². The number of thiazole rings is 1. The van der Waals surface area contributed by atoms with Crippen LogP contribution in [0.4, 0.5) is 22.7 Å². The molecular weight excluding hydrogens is 372 g/mol. The van der Waals surface area contributed by atoms with Crippen LogP contribution in [0.3, 0.4) is 0 Å². The zero-order valence-corrected chi connectivity index (χ0v) is 13.7. The predicted molar refractivity (Wildman–Crippen MR) is 88.6 cm³/mol. The number of amides is 1. The number of nitrogens with one attached hydrogen (secondary N) is 1. The lowest BCUT2D eigenvalue weighted by molar-refractivity contribution is -0.274. The molecule has 0 radical (unpaired) electrons. The van der Waals surface area contributed by atoms with Crippen molar-refractivity contribution >= 4 is 22.4 Å². The van der Waals surface area contributed by atoms with Crippen molar-refractivity contribution in [2.45, 2.75) is 6.36 Å². The van der Waals surface area contributed by atoms with Crippen molar-refractivity contribution in [3.8, 4) is 17.0 Å². The standard InChI is InChI=1S/C17H10F4N2O2S/c18-11-7-5-10(6-8-11)13-9-26-16(22-13)23-15(24)12-3-1-2-4-14(12)25-17(19,20)21/h1-9H,(H,22,23,24). The fourth-order valence-corrected chi connectivity index (χ4v) is 2.83. The second-order valence-electron chi connectivity index (χ2n) is 5.04. The highest BCUT2D eigenvalue weighted by molar-refractivity contribution is 7.14. The predicted octanol–water partition coefficient (Wildman–Crippen LogP) is 5.10. The maximum Gasteiger partial charge on any atom is 0.573 e. The molecule has 1 amide bonds. The van der Waals surface area contributed by atoms with Gasteiger partial charge in [0.2, 0.25) is 0 Å². The molecule has 0 atom stereocenters. The zero-order valence-electron chi connectivity index (χ0n) is 12.9. The summed E-state index contributed by atoms with van der Waals surface area (Å²) in [4.78, 5) is 16.5. The number of aromatic nitrogens is 1. The Hall–Kier alpha value is -2.94. The van der Waals surface area contributed by atoms with Crippen LogP contribution in [0.2, 0.25) is 0 Å². The summed E-state index contributed by atoms with van der Waals surface area (Å²) in [6.07, 6.45) is -4.91. The Morgan fingerprint density at radius 1 is 1.08 bits per heavy atom. The van der Waals surface area contributed by atoms with Crippen LogP contribution in [0.1, 0.15) is 10.4 Å². The average Bonchev–Trinajstić information content (AvgIpc) is 3.03. The third-order valence-corrected chi connectivity index (χ3v) is 3.98. The van der Waals surface area contributed by atoms with E-state index in [9.17, 15) is 22.4 Å². The van der Waals surface area contributed by atoms with E-state index in [0.29, 0.717) is 11.3 Å². The first-order chi connectivity index (χ1) is 12.3. The Labute approximate surface area is 149 Å². The molecule has 0 aliphatic heterocycles. The lowest BCUT2D eigenvalue weighted by Gasteiger charge is -2.12. The van der Waals surface area contributed by atoms with Crippen LogP contribution in [0.25, 0.3) is 11.3 Å². The molecule has 134 valence electrons. The maximum absolute atomic E-state index is 13.0. The first-order valence-corrected chi connectivity index (χ1v) is 8.07. The Kier molecular flexibility index (Phi) is 4.90.